The monoisotopic (exact) mass is 205 g/mol. The first-order chi connectivity index (χ1) is 7.27. The Labute approximate surface area is 88.7 Å². The summed E-state index contributed by atoms with van der Waals surface area (Å²) in [6.45, 7) is 0.657. The smallest absolute Gasteiger partial charge is 0.0375 e. The van der Waals surface area contributed by atoms with Crippen LogP contribution in [0.15, 0.2) is 29.4 Å². The zero-order valence-electron chi connectivity index (χ0n) is 8.50. The van der Waals surface area contributed by atoms with Gasteiger partial charge in [-0.15, -0.1) is 0 Å². The summed E-state index contributed by atoms with van der Waals surface area (Å²) in [5, 5.41) is 3.49. The van der Waals surface area contributed by atoms with E-state index in [0.717, 1.165) is 18.4 Å². The van der Waals surface area contributed by atoms with Crippen LogP contribution < -0.4 is 11.5 Å². The van der Waals surface area contributed by atoms with Crippen LogP contribution in [0.5, 0.6) is 0 Å². The Morgan fingerprint density at radius 2 is 2.00 bits per heavy atom. The predicted octanol–water partition coefficient (Wildman–Crippen LogP) is 2.37. The molecule has 1 aromatic rings. The van der Waals surface area contributed by atoms with Crippen LogP contribution in [0.3, 0.4) is 0 Å². The number of hydrogen-bond donors (Lipinski definition) is 2. The van der Waals surface area contributed by atoms with Gasteiger partial charge in [-0.3, -0.25) is 0 Å². The number of benzene rings is 1. The molecule has 1 unspecified atom stereocenters. The van der Waals surface area contributed by atoms with Crippen LogP contribution in [0.4, 0.5) is 5.69 Å². The number of rotatable bonds is 5. The molecule has 0 amide bonds. The Hall–Kier alpha value is -1.55. The third-order valence-corrected chi connectivity index (χ3v) is 2.20. The van der Waals surface area contributed by atoms with E-state index in [4.69, 9.17) is 17.0 Å². The van der Waals surface area contributed by atoms with Gasteiger partial charge in [-0.05, 0) is 30.5 Å². The number of azide groups is 1. The van der Waals surface area contributed by atoms with Gasteiger partial charge in [0.15, 0.2) is 0 Å². The first kappa shape index (κ1) is 11.5. The van der Waals surface area contributed by atoms with E-state index in [0.29, 0.717) is 12.2 Å². The van der Waals surface area contributed by atoms with E-state index in [1.54, 1.807) is 12.1 Å². The van der Waals surface area contributed by atoms with Gasteiger partial charge in [0.25, 0.3) is 0 Å². The zero-order chi connectivity index (χ0) is 11.1. The normalized spacial score (nSPS) is 11.9. The summed E-state index contributed by atoms with van der Waals surface area (Å²) in [6.07, 6.45) is 1.79. The second-order valence-electron chi connectivity index (χ2n) is 3.32. The summed E-state index contributed by atoms with van der Waals surface area (Å²) >= 11 is 0. The molecule has 0 bridgehead atoms. The fourth-order valence-corrected chi connectivity index (χ4v) is 1.34. The summed E-state index contributed by atoms with van der Waals surface area (Å²) < 4.78 is 0. The average Bonchev–Trinajstić information content (AvgIpc) is 2.27. The van der Waals surface area contributed by atoms with Gasteiger partial charge in [0, 0.05) is 16.6 Å². The van der Waals surface area contributed by atoms with Gasteiger partial charge in [-0.25, -0.2) is 0 Å². The highest BCUT2D eigenvalue weighted by atomic mass is 15.1. The van der Waals surface area contributed by atoms with Gasteiger partial charge >= 0.3 is 0 Å². The van der Waals surface area contributed by atoms with Crippen LogP contribution in [-0.2, 0) is 0 Å². The Kier molecular flexibility index (Phi) is 4.63. The molecule has 0 aromatic heterocycles. The maximum Gasteiger partial charge on any atom is 0.0375 e. The zero-order valence-corrected chi connectivity index (χ0v) is 8.50. The molecule has 1 aromatic carbocycles. The lowest BCUT2D eigenvalue weighted by Gasteiger charge is -2.11. The van der Waals surface area contributed by atoms with Gasteiger partial charge in [0.05, 0.1) is 0 Å². The molecule has 0 aliphatic carbocycles. The maximum absolute atomic E-state index is 8.23. The third-order valence-electron chi connectivity index (χ3n) is 2.20. The minimum atomic E-state index is 0.00802. The van der Waals surface area contributed by atoms with Gasteiger partial charge in [0.2, 0.25) is 0 Å². The second kappa shape index (κ2) is 6.03. The van der Waals surface area contributed by atoms with Crippen molar-refractivity contribution in [1.82, 2.24) is 0 Å². The Morgan fingerprint density at radius 3 is 2.53 bits per heavy atom. The predicted molar refractivity (Wildman–Crippen MR) is 60.5 cm³/mol. The Morgan fingerprint density at radius 1 is 1.33 bits per heavy atom. The standard InChI is InChI=1S/C10H15N5/c11-7-1-2-10(12)8-3-5-9(6-4-8)14-15-13/h3-6,10H,1-2,7,11-12H2. The minimum Gasteiger partial charge on any atom is -0.330 e. The highest BCUT2D eigenvalue weighted by Crippen LogP contribution is 2.19. The van der Waals surface area contributed by atoms with Crippen LogP contribution in [0, 0.1) is 0 Å². The average molecular weight is 205 g/mol. The molecule has 0 saturated heterocycles. The molecule has 4 N–H and O–H groups in total. The second-order valence-corrected chi connectivity index (χ2v) is 3.32. The van der Waals surface area contributed by atoms with Crippen molar-refractivity contribution < 1.29 is 0 Å². The van der Waals surface area contributed by atoms with Crippen LogP contribution in [-0.4, -0.2) is 6.54 Å². The summed E-state index contributed by atoms with van der Waals surface area (Å²) in [5.41, 5.74) is 21.2. The Balaban J connectivity index is 2.66. The van der Waals surface area contributed by atoms with Crippen LogP contribution in [0.2, 0.25) is 0 Å². The summed E-state index contributed by atoms with van der Waals surface area (Å²) in [7, 11) is 0. The van der Waals surface area contributed by atoms with Crippen LogP contribution in [0.25, 0.3) is 10.4 Å². The van der Waals surface area contributed by atoms with Crippen LogP contribution >= 0.6 is 0 Å². The molecule has 5 nitrogen and oxygen atoms in total. The topological polar surface area (TPSA) is 101 Å². The molecule has 0 heterocycles. The molecular weight excluding hydrogens is 190 g/mol. The van der Waals surface area contributed by atoms with Crippen molar-refractivity contribution in [3.05, 3.63) is 40.3 Å². The molecule has 1 atom stereocenters. The van der Waals surface area contributed by atoms with E-state index in [9.17, 15) is 0 Å². The summed E-state index contributed by atoms with van der Waals surface area (Å²) in [5.74, 6) is 0. The first-order valence-electron chi connectivity index (χ1n) is 4.88. The quantitative estimate of drug-likeness (QED) is 0.438. The molecule has 0 radical (unpaired) electrons. The molecule has 0 aliphatic heterocycles. The first-order valence-corrected chi connectivity index (χ1v) is 4.88. The number of hydrogen-bond acceptors (Lipinski definition) is 3. The van der Waals surface area contributed by atoms with E-state index in [1.165, 1.54) is 0 Å². The molecular formula is C10H15N5. The molecule has 0 saturated carbocycles. The van der Waals surface area contributed by atoms with Crippen molar-refractivity contribution in [3.8, 4) is 0 Å². The fourth-order valence-electron chi connectivity index (χ4n) is 1.34. The van der Waals surface area contributed by atoms with Crippen molar-refractivity contribution >= 4 is 5.69 Å². The molecule has 0 spiro atoms. The van der Waals surface area contributed by atoms with Gasteiger partial charge < -0.3 is 11.5 Å². The Bertz CT molecular complexity index is 339. The molecule has 80 valence electrons. The third kappa shape index (κ3) is 3.59. The van der Waals surface area contributed by atoms with Crippen molar-refractivity contribution in [1.29, 1.82) is 0 Å². The van der Waals surface area contributed by atoms with Crippen molar-refractivity contribution in [2.45, 2.75) is 18.9 Å². The van der Waals surface area contributed by atoms with Crippen LogP contribution in [0.1, 0.15) is 24.4 Å². The van der Waals surface area contributed by atoms with Gasteiger partial charge in [0.1, 0.15) is 0 Å². The largest absolute Gasteiger partial charge is 0.330 e. The van der Waals surface area contributed by atoms with Gasteiger partial charge in [-0.2, -0.15) is 0 Å². The molecule has 0 aliphatic rings. The lowest BCUT2D eigenvalue weighted by Crippen LogP contribution is -2.12. The fraction of sp³-hybridized carbons (Fsp3) is 0.400. The van der Waals surface area contributed by atoms with Crippen molar-refractivity contribution in [2.24, 2.45) is 16.6 Å². The van der Waals surface area contributed by atoms with E-state index >= 15 is 0 Å². The van der Waals surface area contributed by atoms with Gasteiger partial charge in [-0.1, -0.05) is 29.4 Å². The molecule has 15 heavy (non-hydrogen) atoms. The van der Waals surface area contributed by atoms with E-state index in [-0.39, 0.29) is 6.04 Å². The van der Waals surface area contributed by atoms with E-state index in [2.05, 4.69) is 10.0 Å². The summed E-state index contributed by atoms with van der Waals surface area (Å²) in [4.78, 5) is 2.71. The van der Waals surface area contributed by atoms with E-state index < -0.39 is 0 Å². The summed E-state index contributed by atoms with van der Waals surface area (Å²) in [6, 6.07) is 7.29. The lowest BCUT2D eigenvalue weighted by molar-refractivity contribution is 0.618. The maximum atomic E-state index is 8.23. The lowest BCUT2D eigenvalue weighted by atomic mass is 10.0. The molecule has 0 fully saturated rings. The number of nitrogens with two attached hydrogens (primary N) is 2. The molecule has 5 heteroatoms. The number of nitrogens with zero attached hydrogens (tertiary/aromatic N) is 3. The van der Waals surface area contributed by atoms with Crippen molar-refractivity contribution in [3.63, 3.8) is 0 Å². The minimum absolute atomic E-state index is 0.00802. The van der Waals surface area contributed by atoms with Crippen molar-refractivity contribution in [2.75, 3.05) is 6.54 Å². The highest BCUT2D eigenvalue weighted by Gasteiger charge is 2.04. The SMILES string of the molecule is [N-]=[N+]=Nc1ccc(C(N)CCCN)cc1. The van der Waals surface area contributed by atoms with E-state index in [1.807, 2.05) is 12.1 Å². The molecule has 1 rings (SSSR count). The highest BCUT2D eigenvalue weighted by molar-refractivity contribution is 5.39.